The minimum Gasteiger partial charge on any atom is -0.472 e. The Morgan fingerprint density at radius 3 is 2.66 bits per heavy atom. The fraction of sp³-hybridized carbons (Fsp3) is 0.261. The molecule has 0 amide bonds. The molecule has 0 fully saturated rings. The van der Waals surface area contributed by atoms with E-state index in [1.54, 1.807) is 22.8 Å². The van der Waals surface area contributed by atoms with Crippen LogP contribution in [0.1, 0.15) is 41.1 Å². The molecular formula is C23H21F2N3O4. The molecule has 1 atom stereocenters. The van der Waals surface area contributed by atoms with Crippen molar-refractivity contribution in [3.8, 4) is 23.3 Å². The number of alkyl halides is 2. The zero-order valence-electron chi connectivity index (χ0n) is 17.7. The summed E-state index contributed by atoms with van der Waals surface area (Å²) in [7, 11) is 3.73. The Morgan fingerprint density at radius 1 is 1.31 bits per heavy atom. The molecule has 7 nitrogen and oxygen atoms in total. The maximum absolute atomic E-state index is 13.2. The SMILES string of the molecule is CCC(c1nc2ccc(C#CC(=O)O)cc2n1-c1c(C=O)cccc1OC(F)F)N(C)C. The Balaban J connectivity index is 2.42. The van der Waals surface area contributed by atoms with Crippen molar-refractivity contribution in [1.82, 2.24) is 14.5 Å². The van der Waals surface area contributed by atoms with Gasteiger partial charge in [0.2, 0.25) is 0 Å². The number of imidazole rings is 1. The fourth-order valence-electron chi connectivity index (χ4n) is 3.60. The number of benzene rings is 2. The van der Waals surface area contributed by atoms with Crippen LogP contribution >= 0.6 is 0 Å². The van der Waals surface area contributed by atoms with Crippen LogP contribution in [0.2, 0.25) is 0 Å². The number of carboxylic acids is 1. The highest BCUT2D eigenvalue weighted by Gasteiger charge is 2.26. The van der Waals surface area contributed by atoms with E-state index in [4.69, 9.17) is 14.8 Å². The second-order valence-corrected chi connectivity index (χ2v) is 7.14. The standard InChI is InChI=1S/C23H21F2N3O4/c1-4-17(27(2)3)22-26-16-10-8-14(9-11-20(30)31)12-18(16)28(22)21-15(13-29)6-5-7-19(21)32-23(24)25/h5-8,10,12-13,17,23H,4H2,1-3H3,(H,30,31). The van der Waals surface area contributed by atoms with E-state index in [-0.39, 0.29) is 23.0 Å². The van der Waals surface area contributed by atoms with E-state index in [0.29, 0.717) is 35.1 Å². The van der Waals surface area contributed by atoms with E-state index >= 15 is 0 Å². The van der Waals surface area contributed by atoms with Crippen molar-refractivity contribution in [3.63, 3.8) is 0 Å². The van der Waals surface area contributed by atoms with Crippen molar-refractivity contribution in [2.75, 3.05) is 14.1 Å². The fourth-order valence-corrected chi connectivity index (χ4v) is 3.60. The molecule has 32 heavy (non-hydrogen) atoms. The maximum Gasteiger partial charge on any atom is 0.387 e. The molecule has 0 radical (unpaired) electrons. The summed E-state index contributed by atoms with van der Waals surface area (Å²) in [5.74, 6) is 3.65. The third kappa shape index (κ3) is 4.60. The molecule has 1 N–H and O–H groups in total. The van der Waals surface area contributed by atoms with E-state index < -0.39 is 12.6 Å². The van der Waals surface area contributed by atoms with Crippen LogP contribution in [0.3, 0.4) is 0 Å². The van der Waals surface area contributed by atoms with Crippen LogP contribution in [0.4, 0.5) is 8.78 Å². The molecular weight excluding hydrogens is 420 g/mol. The lowest BCUT2D eigenvalue weighted by molar-refractivity contribution is -0.130. The number of hydrogen-bond donors (Lipinski definition) is 1. The van der Waals surface area contributed by atoms with Crippen molar-refractivity contribution in [2.24, 2.45) is 0 Å². The molecule has 0 spiro atoms. The van der Waals surface area contributed by atoms with Gasteiger partial charge in [-0.15, -0.1) is 0 Å². The zero-order valence-corrected chi connectivity index (χ0v) is 17.7. The van der Waals surface area contributed by atoms with Crippen molar-refractivity contribution in [1.29, 1.82) is 0 Å². The summed E-state index contributed by atoms with van der Waals surface area (Å²) < 4.78 is 32.7. The number of nitrogens with zero attached hydrogens (tertiary/aromatic N) is 3. The first-order valence-corrected chi connectivity index (χ1v) is 9.74. The van der Waals surface area contributed by atoms with Crippen molar-refractivity contribution >= 4 is 23.3 Å². The number of carbonyl (C=O) groups is 2. The van der Waals surface area contributed by atoms with Gasteiger partial charge in [0, 0.05) is 17.0 Å². The Morgan fingerprint density at radius 2 is 2.06 bits per heavy atom. The first-order chi connectivity index (χ1) is 15.3. The number of carboxylic acid groups (broad SMARTS) is 1. The molecule has 0 aliphatic carbocycles. The smallest absolute Gasteiger partial charge is 0.387 e. The van der Waals surface area contributed by atoms with E-state index in [1.807, 2.05) is 25.9 Å². The van der Waals surface area contributed by atoms with Crippen molar-refractivity contribution in [2.45, 2.75) is 26.0 Å². The summed E-state index contributed by atoms with van der Waals surface area (Å²) in [5.41, 5.74) is 1.67. The lowest BCUT2D eigenvalue weighted by Crippen LogP contribution is -2.23. The monoisotopic (exact) mass is 441 g/mol. The number of aromatic nitrogens is 2. The van der Waals surface area contributed by atoms with Gasteiger partial charge in [0.1, 0.15) is 11.5 Å². The number of aldehydes is 1. The van der Waals surface area contributed by atoms with Crippen LogP contribution in [0.25, 0.3) is 16.7 Å². The molecule has 3 rings (SSSR count). The first-order valence-electron chi connectivity index (χ1n) is 9.74. The van der Waals surface area contributed by atoms with Crippen LogP contribution < -0.4 is 4.74 Å². The molecule has 1 aromatic heterocycles. The molecule has 0 aliphatic heterocycles. The van der Waals surface area contributed by atoms with Crippen LogP contribution in [0.5, 0.6) is 5.75 Å². The van der Waals surface area contributed by atoms with Gasteiger partial charge >= 0.3 is 12.6 Å². The summed E-state index contributed by atoms with van der Waals surface area (Å²) >= 11 is 0. The minimum absolute atomic E-state index is 0.129. The largest absolute Gasteiger partial charge is 0.472 e. The number of carbonyl (C=O) groups excluding carboxylic acids is 1. The predicted molar refractivity (Wildman–Crippen MR) is 114 cm³/mol. The van der Waals surface area contributed by atoms with Crippen LogP contribution in [-0.2, 0) is 4.79 Å². The molecule has 2 aromatic carbocycles. The van der Waals surface area contributed by atoms with Crippen molar-refractivity contribution < 1.29 is 28.2 Å². The Kier molecular flexibility index (Phi) is 6.85. The summed E-state index contributed by atoms with van der Waals surface area (Å²) in [4.78, 5) is 29.3. The van der Waals surface area contributed by atoms with Crippen molar-refractivity contribution in [3.05, 3.63) is 53.3 Å². The Labute approximate surface area is 183 Å². The van der Waals surface area contributed by atoms with Gasteiger partial charge in [0.05, 0.1) is 17.1 Å². The van der Waals surface area contributed by atoms with Gasteiger partial charge in [-0.05, 0) is 50.8 Å². The van der Waals surface area contributed by atoms with E-state index in [2.05, 4.69) is 11.8 Å². The third-order valence-corrected chi connectivity index (χ3v) is 4.90. The van der Waals surface area contributed by atoms with Crippen LogP contribution in [0, 0.1) is 11.8 Å². The summed E-state index contributed by atoms with van der Waals surface area (Å²) in [6.07, 6.45) is 1.21. The second kappa shape index (κ2) is 9.58. The molecule has 1 unspecified atom stereocenters. The summed E-state index contributed by atoms with van der Waals surface area (Å²) in [5, 5.41) is 8.86. The number of aliphatic carboxylic acids is 1. The highest BCUT2D eigenvalue weighted by atomic mass is 19.3. The number of fused-ring (bicyclic) bond motifs is 1. The normalized spacial score (nSPS) is 12.0. The molecule has 0 saturated carbocycles. The lowest BCUT2D eigenvalue weighted by Gasteiger charge is -2.25. The molecule has 3 aromatic rings. The number of ether oxygens (including phenoxy) is 1. The zero-order chi connectivity index (χ0) is 23.4. The molecule has 166 valence electrons. The Hall–Kier alpha value is -3.77. The number of halogens is 2. The average molecular weight is 441 g/mol. The van der Waals surface area contributed by atoms with Gasteiger partial charge in [0.15, 0.2) is 12.0 Å². The van der Waals surface area contributed by atoms with Gasteiger partial charge in [-0.1, -0.05) is 18.9 Å². The maximum atomic E-state index is 13.2. The highest BCUT2D eigenvalue weighted by Crippen LogP contribution is 2.35. The number of rotatable bonds is 7. The van der Waals surface area contributed by atoms with Gasteiger partial charge in [-0.3, -0.25) is 14.3 Å². The average Bonchev–Trinajstić information content (AvgIpc) is 3.09. The van der Waals surface area contributed by atoms with Gasteiger partial charge in [-0.25, -0.2) is 9.78 Å². The Bertz CT molecular complexity index is 1230. The van der Waals surface area contributed by atoms with Gasteiger partial charge < -0.3 is 9.84 Å². The third-order valence-electron chi connectivity index (χ3n) is 4.90. The summed E-state index contributed by atoms with van der Waals surface area (Å²) in [6.45, 7) is -1.14. The molecule has 1 heterocycles. The van der Waals surface area contributed by atoms with Gasteiger partial charge in [-0.2, -0.15) is 8.78 Å². The molecule has 0 bridgehead atoms. The van der Waals surface area contributed by atoms with Crippen LogP contribution in [0.15, 0.2) is 36.4 Å². The lowest BCUT2D eigenvalue weighted by atomic mass is 10.1. The molecule has 0 saturated heterocycles. The topological polar surface area (TPSA) is 84.7 Å². The van der Waals surface area contributed by atoms with E-state index in [0.717, 1.165) is 0 Å². The first kappa shape index (κ1) is 22.9. The van der Waals surface area contributed by atoms with Gasteiger partial charge in [0.25, 0.3) is 0 Å². The molecule has 9 heteroatoms. The quantitative estimate of drug-likeness (QED) is 0.442. The predicted octanol–water partition coefficient (Wildman–Crippen LogP) is 3.89. The summed E-state index contributed by atoms with van der Waals surface area (Å²) in [6, 6.07) is 9.00. The highest BCUT2D eigenvalue weighted by molar-refractivity contribution is 5.89. The van der Waals surface area contributed by atoms with E-state index in [1.165, 1.54) is 18.2 Å². The minimum atomic E-state index is -3.10. The van der Waals surface area contributed by atoms with Crippen LogP contribution in [-0.4, -0.2) is 52.5 Å². The second-order valence-electron chi connectivity index (χ2n) is 7.14. The number of hydrogen-bond acceptors (Lipinski definition) is 5. The number of para-hydroxylation sites is 1. The molecule has 0 aliphatic rings. The van der Waals surface area contributed by atoms with E-state index in [9.17, 15) is 18.4 Å².